The highest BCUT2D eigenvalue weighted by Gasteiger charge is 2.22. The Morgan fingerprint density at radius 1 is 0.939 bits per heavy atom. The Hall–Kier alpha value is -3.16. The van der Waals surface area contributed by atoms with Crippen LogP contribution in [0.1, 0.15) is 25.7 Å². The Bertz CT molecular complexity index is 1050. The maximum Gasteiger partial charge on any atom is 0.224 e. The molecule has 1 saturated heterocycles. The molecule has 1 aromatic heterocycles. The number of morpholine rings is 1. The number of rotatable bonds is 6. The number of nitrogens with one attached hydrogen (secondary N) is 2. The van der Waals surface area contributed by atoms with E-state index < -0.39 is 0 Å². The van der Waals surface area contributed by atoms with Gasteiger partial charge in [-0.3, -0.25) is 0 Å². The Morgan fingerprint density at radius 3 is 2.58 bits per heavy atom. The van der Waals surface area contributed by atoms with Crippen LogP contribution in [0.4, 0.5) is 23.1 Å². The van der Waals surface area contributed by atoms with Crippen LogP contribution in [0.5, 0.6) is 0 Å². The molecule has 2 aliphatic rings. The topological polar surface area (TPSA) is 88.3 Å². The first-order valence-corrected chi connectivity index (χ1v) is 11.9. The monoisotopic (exact) mass is 444 g/mol. The summed E-state index contributed by atoms with van der Waals surface area (Å²) in [6.45, 7) is 3.48. The fourth-order valence-corrected chi connectivity index (χ4v) is 4.61. The highest BCUT2D eigenvalue weighted by Crippen LogP contribution is 2.27. The van der Waals surface area contributed by atoms with Crippen molar-refractivity contribution in [1.82, 2.24) is 9.97 Å². The van der Waals surface area contributed by atoms with Crippen molar-refractivity contribution in [1.29, 1.82) is 0 Å². The standard InChI is InChI=1S/C26H32N6O/c27-23-6-1-2-7-24(23)30-26-28-13-12-25(31-26)29-21-5-3-4-20(18-21)19-8-10-22(11-9-19)32-14-16-33-17-15-32/h3-5,8-13,18,23-24H,1-2,6-7,14-17,27H2,(H2,28,29,30,31)/t23-,24+/m0/s1. The molecule has 1 saturated carbocycles. The van der Waals surface area contributed by atoms with Crippen molar-refractivity contribution in [3.8, 4) is 11.1 Å². The molecule has 2 heterocycles. The number of hydrogen-bond acceptors (Lipinski definition) is 7. The number of nitrogens with two attached hydrogens (primary N) is 1. The normalized spacial score (nSPS) is 20.9. The van der Waals surface area contributed by atoms with Crippen molar-refractivity contribution in [2.75, 3.05) is 41.8 Å². The summed E-state index contributed by atoms with van der Waals surface area (Å²) in [6, 6.07) is 19.4. The average molecular weight is 445 g/mol. The third-order valence-electron chi connectivity index (χ3n) is 6.50. The highest BCUT2D eigenvalue weighted by atomic mass is 16.5. The third-order valence-corrected chi connectivity index (χ3v) is 6.50. The van der Waals surface area contributed by atoms with Gasteiger partial charge in [-0.2, -0.15) is 4.98 Å². The first-order chi connectivity index (χ1) is 16.2. The van der Waals surface area contributed by atoms with Crippen LogP contribution in [0.25, 0.3) is 11.1 Å². The van der Waals surface area contributed by atoms with Gasteiger partial charge in [-0.05, 0) is 54.3 Å². The minimum absolute atomic E-state index is 0.158. The van der Waals surface area contributed by atoms with Crippen LogP contribution in [0.15, 0.2) is 60.8 Å². The van der Waals surface area contributed by atoms with Crippen molar-refractivity contribution in [2.24, 2.45) is 5.73 Å². The lowest BCUT2D eigenvalue weighted by Gasteiger charge is -2.29. The van der Waals surface area contributed by atoms with Crippen molar-refractivity contribution >= 4 is 23.1 Å². The summed E-state index contributed by atoms with van der Waals surface area (Å²) in [6.07, 6.45) is 6.29. The molecule has 1 aliphatic heterocycles. The SMILES string of the molecule is N[C@H]1CCCC[C@H]1Nc1nccc(Nc2cccc(-c3ccc(N4CCOCC4)cc3)c2)n1. The molecule has 0 radical (unpaired) electrons. The molecule has 0 amide bonds. The van der Waals surface area contributed by atoms with Gasteiger partial charge in [0, 0.05) is 42.7 Å². The van der Waals surface area contributed by atoms with Crippen LogP contribution in [0.3, 0.4) is 0 Å². The van der Waals surface area contributed by atoms with Crippen LogP contribution < -0.4 is 21.3 Å². The highest BCUT2D eigenvalue weighted by molar-refractivity contribution is 5.71. The molecule has 5 rings (SSSR count). The Kier molecular flexibility index (Phi) is 6.69. The molecular weight excluding hydrogens is 412 g/mol. The average Bonchev–Trinajstić information content (AvgIpc) is 2.87. The van der Waals surface area contributed by atoms with Crippen LogP contribution in [0, 0.1) is 0 Å². The zero-order valence-corrected chi connectivity index (χ0v) is 18.9. The first-order valence-electron chi connectivity index (χ1n) is 11.9. The molecule has 7 heteroatoms. The van der Waals surface area contributed by atoms with Gasteiger partial charge in [-0.15, -0.1) is 0 Å². The molecule has 0 unspecified atom stereocenters. The molecule has 7 nitrogen and oxygen atoms in total. The van der Waals surface area contributed by atoms with E-state index in [4.69, 9.17) is 10.5 Å². The summed E-state index contributed by atoms with van der Waals surface area (Å²) in [5.74, 6) is 1.38. The minimum Gasteiger partial charge on any atom is -0.378 e. The largest absolute Gasteiger partial charge is 0.378 e. The number of anilines is 4. The molecule has 0 bridgehead atoms. The van der Waals surface area contributed by atoms with Gasteiger partial charge in [-0.25, -0.2) is 4.98 Å². The van der Waals surface area contributed by atoms with Gasteiger partial charge >= 0.3 is 0 Å². The first kappa shape index (κ1) is 21.7. The maximum atomic E-state index is 6.27. The molecule has 3 aromatic rings. The number of aromatic nitrogens is 2. The summed E-state index contributed by atoms with van der Waals surface area (Å²) >= 11 is 0. The molecule has 1 aliphatic carbocycles. The van der Waals surface area contributed by atoms with Gasteiger partial charge in [0.25, 0.3) is 0 Å². The molecule has 0 spiro atoms. The van der Waals surface area contributed by atoms with E-state index in [0.29, 0.717) is 5.95 Å². The summed E-state index contributed by atoms with van der Waals surface area (Å²) in [5, 5.41) is 6.85. The summed E-state index contributed by atoms with van der Waals surface area (Å²) in [4.78, 5) is 11.4. The van der Waals surface area contributed by atoms with Crippen LogP contribution in [-0.2, 0) is 4.74 Å². The molecule has 172 valence electrons. The Labute approximate surface area is 195 Å². The van der Waals surface area contributed by atoms with E-state index in [9.17, 15) is 0 Å². The molecular formula is C26H32N6O. The van der Waals surface area contributed by atoms with E-state index in [1.807, 2.05) is 6.07 Å². The molecule has 2 atom stereocenters. The molecule has 4 N–H and O–H groups in total. The van der Waals surface area contributed by atoms with Gasteiger partial charge in [-0.1, -0.05) is 37.1 Å². The van der Waals surface area contributed by atoms with Crippen LogP contribution in [-0.4, -0.2) is 48.4 Å². The fourth-order valence-electron chi connectivity index (χ4n) is 4.61. The predicted molar refractivity (Wildman–Crippen MR) is 134 cm³/mol. The number of nitrogens with zero attached hydrogens (tertiary/aromatic N) is 3. The smallest absolute Gasteiger partial charge is 0.224 e. The van der Waals surface area contributed by atoms with Crippen molar-refractivity contribution < 1.29 is 4.74 Å². The second-order valence-electron chi connectivity index (χ2n) is 8.82. The van der Waals surface area contributed by atoms with E-state index in [0.717, 1.165) is 56.2 Å². The van der Waals surface area contributed by atoms with Gasteiger partial charge in [0.1, 0.15) is 5.82 Å². The second kappa shape index (κ2) is 10.2. The summed E-state index contributed by atoms with van der Waals surface area (Å²) < 4.78 is 5.46. The lowest BCUT2D eigenvalue weighted by molar-refractivity contribution is 0.122. The van der Waals surface area contributed by atoms with Gasteiger partial charge < -0.3 is 26.0 Å². The van der Waals surface area contributed by atoms with Crippen LogP contribution >= 0.6 is 0 Å². The van der Waals surface area contributed by atoms with E-state index in [1.165, 1.54) is 24.1 Å². The lowest BCUT2D eigenvalue weighted by Crippen LogP contribution is -2.42. The zero-order valence-electron chi connectivity index (χ0n) is 18.9. The quantitative estimate of drug-likeness (QED) is 0.519. The fraction of sp³-hybridized carbons (Fsp3) is 0.385. The Balaban J connectivity index is 1.27. The van der Waals surface area contributed by atoms with Crippen LogP contribution in [0.2, 0.25) is 0 Å². The molecule has 2 fully saturated rings. The minimum atomic E-state index is 0.158. The summed E-state index contributed by atoms with van der Waals surface area (Å²) in [7, 11) is 0. The predicted octanol–water partition coefficient (Wildman–Crippen LogP) is 4.41. The van der Waals surface area contributed by atoms with E-state index >= 15 is 0 Å². The summed E-state index contributed by atoms with van der Waals surface area (Å²) in [5.41, 5.74) is 10.9. The van der Waals surface area contributed by atoms with E-state index in [-0.39, 0.29) is 12.1 Å². The Morgan fingerprint density at radius 2 is 1.76 bits per heavy atom. The van der Waals surface area contributed by atoms with Crippen molar-refractivity contribution in [3.63, 3.8) is 0 Å². The maximum absolute atomic E-state index is 6.27. The van der Waals surface area contributed by atoms with Gasteiger partial charge in [0.15, 0.2) is 0 Å². The van der Waals surface area contributed by atoms with Gasteiger partial charge in [0.05, 0.1) is 13.2 Å². The molecule has 2 aromatic carbocycles. The zero-order chi connectivity index (χ0) is 22.5. The van der Waals surface area contributed by atoms with Crippen molar-refractivity contribution in [3.05, 3.63) is 60.8 Å². The van der Waals surface area contributed by atoms with E-state index in [1.54, 1.807) is 6.20 Å². The third kappa shape index (κ3) is 5.43. The number of benzene rings is 2. The van der Waals surface area contributed by atoms with Crippen molar-refractivity contribution in [2.45, 2.75) is 37.8 Å². The second-order valence-corrected chi connectivity index (χ2v) is 8.82. The van der Waals surface area contributed by atoms with Gasteiger partial charge in [0.2, 0.25) is 5.95 Å². The molecule has 33 heavy (non-hydrogen) atoms. The van der Waals surface area contributed by atoms with E-state index in [2.05, 4.69) is 74.0 Å². The number of hydrogen-bond donors (Lipinski definition) is 3. The lowest BCUT2D eigenvalue weighted by atomic mass is 9.91. The number of ether oxygens (including phenoxy) is 1.